The molecule has 12 heteroatoms. The summed E-state index contributed by atoms with van der Waals surface area (Å²) in [6, 6.07) is 9.28. The largest absolute Gasteiger partial charge is 0.416 e. The average Bonchev–Trinajstić information content (AvgIpc) is 3.21. The molecule has 0 spiro atoms. The number of anilines is 3. The Morgan fingerprint density at radius 3 is 2.20 bits per heavy atom. The second-order valence-corrected chi connectivity index (χ2v) is 8.07. The molecule has 0 aliphatic carbocycles. The zero-order valence-electron chi connectivity index (χ0n) is 18.5. The molecule has 0 unspecified atom stereocenters. The Bertz CT molecular complexity index is 1330. The first-order valence-electron chi connectivity index (χ1n) is 10.5. The number of benzene rings is 2. The molecule has 2 aromatic carbocycles. The topological polar surface area (TPSA) is 67.7 Å². The SMILES string of the molecule is CC(C)n1cnc2c(NCc3cccc(C(F)(F)F)c3)nc(Nc3ccc(C(F)(F)F)cc3)nc21. The van der Waals surface area contributed by atoms with Crippen molar-refractivity contribution in [2.45, 2.75) is 38.8 Å². The summed E-state index contributed by atoms with van der Waals surface area (Å²) >= 11 is 0. The lowest BCUT2D eigenvalue weighted by Crippen LogP contribution is -2.09. The molecule has 0 bridgehead atoms. The number of imidazole rings is 1. The van der Waals surface area contributed by atoms with Crippen LogP contribution in [0.25, 0.3) is 11.2 Å². The molecule has 2 aromatic heterocycles. The van der Waals surface area contributed by atoms with E-state index in [1.165, 1.54) is 18.2 Å². The summed E-state index contributed by atoms with van der Waals surface area (Å²) < 4.78 is 79.5. The highest BCUT2D eigenvalue weighted by atomic mass is 19.4. The van der Waals surface area contributed by atoms with E-state index in [1.54, 1.807) is 17.0 Å². The second-order valence-electron chi connectivity index (χ2n) is 8.07. The molecule has 0 fully saturated rings. The zero-order valence-corrected chi connectivity index (χ0v) is 18.5. The van der Waals surface area contributed by atoms with E-state index in [-0.39, 0.29) is 24.4 Å². The van der Waals surface area contributed by atoms with Crippen LogP contribution < -0.4 is 10.6 Å². The number of hydrogen-bond donors (Lipinski definition) is 2. The number of hydrogen-bond acceptors (Lipinski definition) is 5. The molecular weight excluding hydrogens is 474 g/mol. The van der Waals surface area contributed by atoms with Crippen LogP contribution in [0.3, 0.4) is 0 Å². The smallest absolute Gasteiger partial charge is 0.364 e. The number of aromatic nitrogens is 4. The van der Waals surface area contributed by atoms with Crippen LogP contribution in [-0.4, -0.2) is 19.5 Å². The van der Waals surface area contributed by atoms with Crippen LogP contribution in [-0.2, 0) is 18.9 Å². The van der Waals surface area contributed by atoms with Crippen LogP contribution in [0.1, 0.15) is 36.6 Å². The fraction of sp³-hybridized carbons (Fsp3) is 0.261. The number of rotatable bonds is 6. The Kier molecular flexibility index (Phi) is 6.30. The standard InChI is InChI=1S/C23H20F6N6/c1-13(2)35-12-31-18-19(30-11-14-4-3-5-16(10-14)23(27,28)29)33-21(34-20(18)35)32-17-8-6-15(7-9-17)22(24,25)26/h3-10,12-13H,11H2,1-2H3,(H2,30,32,33,34). The molecule has 4 aromatic rings. The molecule has 0 atom stereocenters. The van der Waals surface area contributed by atoms with Gasteiger partial charge in [0.05, 0.1) is 17.5 Å². The predicted octanol–water partition coefficient (Wildman–Crippen LogP) is 6.80. The highest BCUT2D eigenvalue weighted by Gasteiger charge is 2.31. The van der Waals surface area contributed by atoms with E-state index < -0.39 is 23.5 Å². The monoisotopic (exact) mass is 494 g/mol. The highest BCUT2D eigenvalue weighted by Crippen LogP contribution is 2.32. The van der Waals surface area contributed by atoms with Gasteiger partial charge in [0.15, 0.2) is 17.0 Å². The number of halogens is 6. The summed E-state index contributed by atoms with van der Waals surface area (Å²) in [4.78, 5) is 13.2. The second kappa shape index (κ2) is 9.08. The first-order chi connectivity index (χ1) is 16.4. The van der Waals surface area contributed by atoms with Crippen LogP contribution >= 0.6 is 0 Å². The van der Waals surface area contributed by atoms with Gasteiger partial charge < -0.3 is 15.2 Å². The van der Waals surface area contributed by atoms with Crippen molar-refractivity contribution in [1.29, 1.82) is 0 Å². The maximum Gasteiger partial charge on any atom is 0.416 e. The van der Waals surface area contributed by atoms with Gasteiger partial charge in [-0.15, -0.1) is 0 Å². The average molecular weight is 494 g/mol. The van der Waals surface area contributed by atoms with Crippen LogP contribution in [0.15, 0.2) is 54.9 Å². The van der Waals surface area contributed by atoms with Gasteiger partial charge in [0, 0.05) is 18.3 Å². The van der Waals surface area contributed by atoms with Crippen molar-refractivity contribution in [1.82, 2.24) is 19.5 Å². The lowest BCUT2D eigenvalue weighted by atomic mass is 10.1. The molecule has 2 heterocycles. The molecule has 2 N–H and O–H groups in total. The van der Waals surface area contributed by atoms with Gasteiger partial charge in [-0.3, -0.25) is 0 Å². The molecule has 184 valence electrons. The van der Waals surface area contributed by atoms with Gasteiger partial charge in [-0.05, 0) is 55.8 Å². The van der Waals surface area contributed by atoms with Crippen molar-refractivity contribution >= 4 is 28.6 Å². The molecule has 0 amide bonds. The van der Waals surface area contributed by atoms with E-state index in [0.717, 1.165) is 24.3 Å². The van der Waals surface area contributed by atoms with Crippen LogP contribution in [0.2, 0.25) is 0 Å². The van der Waals surface area contributed by atoms with Crippen molar-refractivity contribution in [3.63, 3.8) is 0 Å². The van der Waals surface area contributed by atoms with Crippen LogP contribution in [0, 0.1) is 0 Å². The molecule has 0 saturated heterocycles. The molecular formula is C23H20F6N6. The number of nitrogens with one attached hydrogen (secondary N) is 2. The summed E-state index contributed by atoms with van der Waals surface area (Å²) in [6.45, 7) is 3.87. The zero-order chi connectivity index (χ0) is 25.4. The number of nitrogens with zero attached hydrogens (tertiary/aromatic N) is 4. The summed E-state index contributed by atoms with van der Waals surface area (Å²) in [5.74, 6) is 0.354. The maximum absolute atomic E-state index is 13.0. The third-order valence-electron chi connectivity index (χ3n) is 5.16. The van der Waals surface area contributed by atoms with Crippen molar-refractivity contribution in [2.24, 2.45) is 0 Å². The Morgan fingerprint density at radius 2 is 1.57 bits per heavy atom. The molecule has 4 rings (SSSR count). The van der Waals surface area contributed by atoms with Gasteiger partial charge in [-0.1, -0.05) is 12.1 Å². The normalized spacial score (nSPS) is 12.4. The van der Waals surface area contributed by atoms with Crippen LogP contribution in [0.4, 0.5) is 43.8 Å². The molecule has 0 saturated carbocycles. The van der Waals surface area contributed by atoms with E-state index in [2.05, 4.69) is 25.6 Å². The van der Waals surface area contributed by atoms with E-state index in [4.69, 9.17) is 0 Å². The Morgan fingerprint density at radius 1 is 0.886 bits per heavy atom. The van der Waals surface area contributed by atoms with E-state index in [1.807, 2.05) is 13.8 Å². The summed E-state index contributed by atoms with van der Waals surface area (Å²) in [7, 11) is 0. The Balaban J connectivity index is 1.65. The van der Waals surface area contributed by atoms with Gasteiger partial charge >= 0.3 is 12.4 Å². The summed E-state index contributed by atoms with van der Waals surface area (Å²) in [6.07, 6.45) is -7.35. The fourth-order valence-electron chi connectivity index (χ4n) is 3.39. The van der Waals surface area contributed by atoms with Gasteiger partial charge in [-0.25, -0.2) is 4.98 Å². The number of fused-ring (bicyclic) bond motifs is 1. The molecule has 0 radical (unpaired) electrons. The quantitative estimate of drug-likeness (QED) is 0.289. The van der Waals surface area contributed by atoms with Crippen molar-refractivity contribution in [3.05, 3.63) is 71.5 Å². The molecule has 6 nitrogen and oxygen atoms in total. The van der Waals surface area contributed by atoms with Crippen molar-refractivity contribution < 1.29 is 26.3 Å². The minimum atomic E-state index is -4.47. The minimum absolute atomic E-state index is 0.00913. The van der Waals surface area contributed by atoms with Crippen LogP contribution in [0.5, 0.6) is 0 Å². The first-order valence-corrected chi connectivity index (χ1v) is 10.5. The van der Waals surface area contributed by atoms with Crippen molar-refractivity contribution in [2.75, 3.05) is 10.6 Å². The molecule has 0 aliphatic heterocycles. The van der Waals surface area contributed by atoms with E-state index >= 15 is 0 Å². The fourth-order valence-corrected chi connectivity index (χ4v) is 3.39. The summed E-state index contributed by atoms with van der Waals surface area (Å²) in [5.41, 5.74) is 0.0163. The lowest BCUT2D eigenvalue weighted by molar-refractivity contribution is -0.138. The predicted molar refractivity (Wildman–Crippen MR) is 119 cm³/mol. The van der Waals surface area contributed by atoms with Gasteiger partial charge in [0.1, 0.15) is 0 Å². The van der Waals surface area contributed by atoms with E-state index in [9.17, 15) is 26.3 Å². The molecule has 0 aliphatic rings. The highest BCUT2D eigenvalue weighted by molar-refractivity contribution is 5.84. The van der Waals surface area contributed by atoms with Gasteiger partial charge in [-0.2, -0.15) is 36.3 Å². The molecule has 35 heavy (non-hydrogen) atoms. The van der Waals surface area contributed by atoms with Gasteiger partial charge in [0.25, 0.3) is 0 Å². The summed E-state index contributed by atoms with van der Waals surface area (Å²) in [5, 5.41) is 5.89. The van der Waals surface area contributed by atoms with Gasteiger partial charge in [0.2, 0.25) is 5.95 Å². The van der Waals surface area contributed by atoms with E-state index in [0.29, 0.717) is 22.4 Å². The Labute approximate surface area is 196 Å². The third-order valence-corrected chi connectivity index (χ3v) is 5.16. The van der Waals surface area contributed by atoms with Crippen molar-refractivity contribution in [3.8, 4) is 0 Å². The Hall–Kier alpha value is -3.83. The lowest BCUT2D eigenvalue weighted by Gasteiger charge is -2.13. The minimum Gasteiger partial charge on any atom is -0.364 e. The number of alkyl halides is 6. The third kappa shape index (κ3) is 5.47. The maximum atomic E-state index is 13.0. The first kappa shape index (κ1) is 24.3.